The van der Waals surface area contributed by atoms with Gasteiger partial charge in [-0.3, -0.25) is 4.90 Å². The summed E-state index contributed by atoms with van der Waals surface area (Å²) in [7, 11) is 0. The highest BCUT2D eigenvalue weighted by Crippen LogP contribution is 2.39. The molecular weight excluding hydrogens is 196 g/mol. The van der Waals surface area contributed by atoms with Gasteiger partial charge in [-0.05, 0) is 57.0 Å². The van der Waals surface area contributed by atoms with Gasteiger partial charge in [0.2, 0.25) is 0 Å². The topological polar surface area (TPSA) is 15.3 Å². The highest BCUT2D eigenvalue weighted by atomic mass is 15.2. The second-order valence-corrected chi connectivity index (χ2v) is 5.96. The van der Waals surface area contributed by atoms with Gasteiger partial charge in [0.15, 0.2) is 0 Å². The largest absolute Gasteiger partial charge is 0.316 e. The molecular formula is C14H28N2. The van der Waals surface area contributed by atoms with E-state index in [0.29, 0.717) is 5.41 Å². The molecule has 0 aromatic heterocycles. The van der Waals surface area contributed by atoms with E-state index >= 15 is 0 Å². The van der Waals surface area contributed by atoms with E-state index < -0.39 is 0 Å². The molecule has 1 N–H and O–H groups in total. The lowest BCUT2D eigenvalue weighted by atomic mass is 9.73. The van der Waals surface area contributed by atoms with Gasteiger partial charge in [-0.1, -0.05) is 13.8 Å². The van der Waals surface area contributed by atoms with E-state index in [9.17, 15) is 0 Å². The maximum absolute atomic E-state index is 3.54. The van der Waals surface area contributed by atoms with Gasteiger partial charge in [-0.2, -0.15) is 0 Å². The Hall–Kier alpha value is -0.0800. The fourth-order valence-electron chi connectivity index (χ4n) is 3.39. The van der Waals surface area contributed by atoms with Crippen LogP contribution in [-0.4, -0.2) is 37.1 Å². The van der Waals surface area contributed by atoms with E-state index in [1.165, 1.54) is 51.9 Å². The third kappa shape index (κ3) is 2.28. The number of likely N-dealkylation sites (tertiary alicyclic amines) is 1. The van der Waals surface area contributed by atoms with Gasteiger partial charge in [-0.25, -0.2) is 0 Å². The molecule has 0 spiro atoms. The Morgan fingerprint density at radius 2 is 2.00 bits per heavy atom. The molecule has 2 heterocycles. The highest BCUT2D eigenvalue weighted by Gasteiger charge is 2.43. The molecule has 2 aliphatic rings. The van der Waals surface area contributed by atoms with E-state index in [1.54, 1.807) is 0 Å². The van der Waals surface area contributed by atoms with Gasteiger partial charge < -0.3 is 5.32 Å². The molecule has 0 saturated carbocycles. The quantitative estimate of drug-likeness (QED) is 0.789. The minimum absolute atomic E-state index is 0.663. The molecule has 16 heavy (non-hydrogen) atoms. The number of nitrogens with one attached hydrogen (secondary N) is 1. The van der Waals surface area contributed by atoms with Crippen LogP contribution in [0.5, 0.6) is 0 Å². The van der Waals surface area contributed by atoms with Crippen LogP contribution < -0.4 is 5.32 Å². The molecule has 2 nitrogen and oxygen atoms in total. The fourth-order valence-corrected chi connectivity index (χ4v) is 3.39. The first-order valence-corrected chi connectivity index (χ1v) is 7.15. The predicted molar refractivity (Wildman–Crippen MR) is 69.6 cm³/mol. The van der Waals surface area contributed by atoms with Crippen molar-refractivity contribution in [2.45, 2.75) is 52.5 Å². The van der Waals surface area contributed by atoms with Crippen LogP contribution in [0.2, 0.25) is 0 Å². The summed E-state index contributed by atoms with van der Waals surface area (Å²) >= 11 is 0. The minimum atomic E-state index is 0.663. The Morgan fingerprint density at radius 1 is 1.31 bits per heavy atom. The van der Waals surface area contributed by atoms with Crippen molar-refractivity contribution in [2.75, 3.05) is 26.2 Å². The molecule has 2 aliphatic heterocycles. The van der Waals surface area contributed by atoms with Crippen LogP contribution in [0.15, 0.2) is 0 Å². The van der Waals surface area contributed by atoms with Gasteiger partial charge in [-0.15, -0.1) is 0 Å². The molecule has 0 bridgehead atoms. The fraction of sp³-hybridized carbons (Fsp3) is 1.00. The van der Waals surface area contributed by atoms with Crippen molar-refractivity contribution in [1.29, 1.82) is 0 Å². The normalized spacial score (nSPS) is 32.1. The standard InChI is InChI=1S/C14H28N2/c1-4-14(5-2)10-16(11-14)12(3)13-7-6-8-15-9-13/h12-13,15H,4-11H2,1-3H3. The molecule has 2 rings (SSSR count). The van der Waals surface area contributed by atoms with E-state index in [-0.39, 0.29) is 0 Å². The summed E-state index contributed by atoms with van der Waals surface area (Å²) in [5.41, 5.74) is 0.663. The summed E-state index contributed by atoms with van der Waals surface area (Å²) in [4.78, 5) is 2.71. The van der Waals surface area contributed by atoms with E-state index in [0.717, 1.165) is 12.0 Å². The first kappa shape index (κ1) is 12.4. The smallest absolute Gasteiger partial charge is 0.0108 e. The predicted octanol–water partition coefficient (Wildman–Crippen LogP) is 2.50. The van der Waals surface area contributed by atoms with Crippen LogP contribution in [0.1, 0.15) is 46.5 Å². The van der Waals surface area contributed by atoms with Gasteiger partial charge in [0.1, 0.15) is 0 Å². The number of piperidine rings is 1. The maximum atomic E-state index is 3.54. The Morgan fingerprint density at radius 3 is 2.50 bits per heavy atom. The van der Waals surface area contributed by atoms with Crippen molar-refractivity contribution in [3.8, 4) is 0 Å². The van der Waals surface area contributed by atoms with E-state index in [4.69, 9.17) is 0 Å². The molecule has 0 radical (unpaired) electrons. The van der Waals surface area contributed by atoms with Crippen molar-refractivity contribution in [1.82, 2.24) is 10.2 Å². The van der Waals surface area contributed by atoms with Gasteiger partial charge in [0, 0.05) is 19.1 Å². The summed E-state index contributed by atoms with van der Waals surface area (Å²) < 4.78 is 0. The third-order valence-electron chi connectivity index (χ3n) is 5.17. The molecule has 94 valence electrons. The van der Waals surface area contributed by atoms with Crippen LogP contribution in [0.3, 0.4) is 0 Å². The summed E-state index contributed by atoms with van der Waals surface area (Å²) in [6, 6.07) is 0.791. The van der Waals surface area contributed by atoms with Crippen LogP contribution in [-0.2, 0) is 0 Å². The first-order valence-electron chi connectivity index (χ1n) is 7.15. The number of hydrogen-bond acceptors (Lipinski definition) is 2. The van der Waals surface area contributed by atoms with Crippen LogP contribution >= 0.6 is 0 Å². The molecule has 2 heteroatoms. The third-order valence-corrected chi connectivity index (χ3v) is 5.17. The molecule has 0 aromatic rings. The summed E-state index contributed by atoms with van der Waals surface area (Å²) in [6.07, 6.45) is 5.51. The summed E-state index contributed by atoms with van der Waals surface area (Å²) in [5.74, 6) is 0.889. The molecule has 0 amide bonds. The Labute approximate surface area is 101 Å². The molecule has 2 fully saturated rings. The summed E-state index contributed by atoms with van der Waals surface area (Å²) in [6.45, 7) is 12.3. The highest BCUT2D eigenvalue weighted by molar-refractivity contribution is 4.96. The zero-order valence-corrected chi connectivity index (χ0v) is 11.3. The minimum Gasteiger partial charge on any atom is -0.316 e. The zero-order valence-electron chi connectivity index (χ0n) is 11.3. The van der Waals surface area contributed by atoms with Gasteiger partial charge >= 0.3 is 0 Å². The zero-order chi connectivity index (χ0) is 11.6. The van der Waals surface area contributed by atoms with Crippen LogP contribution in [0, 0.1) is 11.3 Å². The maximum Gasteiger partial charge on any atom is 0.0108 e. The molecule has 0 aliphatic carbocycles. The lowest BCUT2D eigenvalue weighted by molar-refractivity contribution is -0.0501. The average molecular weight is 224 g/mol. The summed E-state index contributed by atoms with van der Waals surface area (Å²) in [5, 5.41) is 3.54. The second-order valence-electron chi connectivity index (χ2n) is 5.96. The van der Waals surface area contributed by atoms with Crippen molar-refractivity contribution in [3.63, 3.8) is 0 Å². The van der Waals surface area contributed by atoms with Crippen molar-refractivity contribution >= 4 is 0 Å². The Bertz CT molecular complexity index is 209. The number of nitrogens with zero attached hydrogens (tertiary/aromatic N) is 1. The van der Waals surface area contributed by atoms with E-state index in [1.807, 2.05) is 0 Å². The lowest BCUT2D eigenvalue weighted by Gasteiger charge is -2.54. The monoisotopic (exact) mass is 224 g/mol. The number of hydrogen-bond donors (Lipinski definition) is 1. The molecule has 0 aromatic carbocycles. The van der Waals surface area contributed by atoms with Crippen LogP contribution in [0.4, 0.5) is 0 Å². The van der Waals surface area contributed by atoms with Crippen molar-refractivity contribution in [2.24, 2.45) is 11.3 Å². The van der Waals surface area contributed by atoms with Gasteiger partial charge in [0.25, 0.3) is 0 Å². The Kier molecular flexibility index (Phi) is 3.91. The number of rotatable bonds is 4. The SMILES string of the molecule is CCC1(CC)CN(C(C)C2CCCNC2)C1. The Balaban J connectivity index is 1.81. The van der Waals surface area contributed by atoms with Crippen molar-refractivity contribution < 1.29 is 0 Å². The molecule has 2 atom stereocenters. The van der Waals surface area contributed by atoms with E-state index in [2.05, 4.69) is 31.0 Å². The average Bonchev–Trinajstić information content (AvgIpc) is 2.30. The first-order chi connectivity index (χ1) is 7.71. The second kappa shape index (κ2) is 5.05. The van der Waals surface area contributed by atoms with Crippen LogP contribution in [0.25, 0.3) is 0 Å². The molecule has 2 saturated heterocycles. The lowest BCUT2D eigenvalue weighted by Crippen LogP contribution is -2.61. The van der Waals surface area contributed by atoms with Gasteiger partial charge in [0.05, 0.1) is 0 Å². The van der Waals surface area contributed by atoms with Crippen molar-refractivity contribution in [3.05, 3.63) is 0 Å². The molecule has 2 unspecified atom stereocenters.